The number of hydrogen-bond donors (Lipinski definition) is 1. The quantitative estimate of drug-likeness (QED) is 0.650. The minimum absolute atomic E-state index is 0.280. The summed E-state index contributed by atoms with van der Waals surface area (Å²) in [6.45, 7) is 0. The van der Waals surface area contributed by atoms with Gasteiger partial charge >= 0.3 is 0 Å². The van der Waals surface area contributed by atoms with Crippen LogP contribution in [0.4, 0.5) is 4.39 Å². The molecule has 2 aromatic rings. The van der Waals surface area contributed by atoms with Crippen molar-refractivity contribution in [3.63, 3.8) is 0 Å². The van der Waals surface area contributed by atoms with Crippen LogP contribution in [0.25, 0.3) is 0 Å². The van der Waals surface area contributed by atoms with E-state index in [1.165, 1.54) is 24.3 Å². The van der Waals surface area contributed by atoms with Gasteiger partial charge in [-0.2, -0.15) is 5.10 Å². The van der Waals surface area contributed by atoms with Crippen LogP contribution in [0.15, 0.2) is 53.6 Å². The van der Waals surface area contributed by atoms with Gasteiger partial charge in [0.25, 0.3) is 0 Å². The molecule has 5 rings (SSSR count). The van der Waals surface area contributed by atoms with Gasteiger partial charge in [-0.3, -0.25) is 24.7 Å². The highest BCUT2D eigenvalue weighted by Gasteiger charge is 2.62. The van der Waals surface area contributed by atoms with Crippen molar-refractivity contribution in [3.05, 3.63) is 71.0 Å². The zero-order chi connectivity index (χ0) is 18.7. The lowest BCUT2D eigenvalue weighted by Gasteiger charge is -2.32. The van der Waals surface area contributed by atoms with Gasteiger partial charge in [-0.25, -0.2) is 4.39 Å². The van der Waals surface area contributed by atoms with E-state index in [0.29, 0.717) is 0 Å². The second-order valence-electron chi connectivity index (χ2n) is 6.92. The molecule has 27 heavy (non-hydrogen) atoms. The highest BCUT2D eigenvalue weighted by Crippen LogP contribution is 2.50. The van der Waals surface area contributed by atoms with Crippen LogP contribution in [0.5, 0.6) is 0 Å². The largest absolute Gasteiger partial charge is 0.296 e. The lowest BCUT2D eigenvalue weighted by molar-refractivity contribution is -0.127. The third-order valence-corrected chi connectivity index (χ3v) is 5.53. The van der Waals surface area contributed by atoms with Gasteiger partial charge in [0.15, 0.2) is 5.78 Å². The first-order valence-corrected chi connectivity index (χ1v) is 8.62. The summed E-state index contributed by atoms with van der Waals surface area (Å²) in [5.41, 5.74) is 2.00. The number of ketones is 1. The first-order valence-electron chi connectivity index (χ1n) is 8.62. The predicted molar refractivity (Wildman–Crippen MR) is 93.3 cm³/mol. The Kier molecular flexibility index (Phi) is 3.28. The molecule has 0 spiro atoms. The molecule has 134 valence electrons. The molecular weight excluding hydrogens is 349 g/mol. The Morgan fingerprint density at radius 1 is 1.00 bits per heavy atom. The van der Waals surface area contributed by atoms with Gasteiger partial charge in [-0.05, 0) is 35.4 Å². The van der Waals surface area contributed by atoms with Crippen LogP contribution in [0, 0.1) is 17.7 Å². The van der Waals surface area contributed by atoms with Crippen LogP contribution in [0.3, 0.4) is 0 Å². The van der Waals surface area contributed by atoms with Crippen molar-refractivity contribution in [2.24, 2.45) is 16.9 Å². The number of hydrazone groups is 1. The summed E-state index contributed by atoms with van der Waals surface area (Å²) in [5.74, 6) is -3.18. The monoisotopic (exact) mass is 363 g/mol. The van der Waals surface area contributed by atoms with Crippen molar-refractivity contribution < 1.29 is 18.8 Å². The molecule has 2 aromatic carbocycles. The molecule has 0 saturated carbocycles. The summed E-state index contributed by atoms with van der Waals surface area (Å²) in [6, 6.07) is 11.3. The highest BCUT2D eigenvalue weighted by molar-refractivity contribution is 6.12. The number of nitrogens with one attached hydrogen (secondary N) is 1. The van der Waals surface area contributed by atoms with E-state index < -0.39 is 35.6 Å². The lowest BCUT2D eigenvalue weighted by atomic mass is 9.83. The number of fused-ring (bicyclic) bond motifs is 5. The summed E-state index contributed by atoms with van der Waals surface area (Å²) in [6.07, 6.45) is 1.64. The fourth-order valence-corrected chi connectivity index (χ4v) is 4.37. The van der Waals surface area contributed by atoms with Crippen LogP contribution in [-0.4, -0.2) is 34.9 Å². The van der Waals surface area contributed by atoms with Gasteiger partial charge in [-0.1, -0.05) is 24.3 Å². The summed E-state index contributed by atoms with van der Waals surface area (Å²) < 4.78 is 13.2. The number of imide groups is 1. The molecule has 1 N–H and O–H groups in total. The van der Waals surface area contributed by atoms with E-state index in [2.05, 4.69) is 10.4 Å². The van der Waals surface area contributed by atoms with Crippen LogP contribution in [-0.2, 0) is 9.59 Å². The fourth-order valence-electron chi connectivity index (χ4n) is 4.37. The highest BCUT2D eigenvalue weighted by atomic mass is 19.1. The van der Waals surface area contributed by atoms with Gasteiger partial charge in [0.2, 0.25) is 11.8 Å². The smallest absolute Gasteiger partial charge is 0.233 e. The first-order chi connectivity index (χ1) is 13.1. The summed E-state index contributed by atoms with van der Waals surface area (Å²) in [4.78, 5) is 38.2. The van der Waals surface area contributed by atoms with Crippen molar-refractivity contribution in [3.8, 4) is 0 Å². The number of carbonyl (C=O) groups is 3. The Balaban J connectivity index is 1.64. The molecule has 0 unspecified atom stereocenters. The number of hydrogen-bond acceptors (Lipinski definition) is 5. The molecule has 2 amide bonds. The van der Waals surface area contributed by atoms with E-state index in [4.69, 9.17) is 0 Å². The fraction of sp³-hybridized carbons (Fsp3) is 0.200. The summed E-state index contributed by atoms with van der Waals surface area (Å²) in [5, 5.41) is 8.34. The lowest BCUT2D eigenvalue weighted by Crippen LogP contribution is -2.43. The number of halogens is 1. The molecule has 0 radical (unpaired) electrons. The van der Waals surface area contributed by atoms with Crippen LogP contribution < -0.4 is 5.32 Å². The number of rotatable bonds is 2. The van der Waals surface area contributed by atoms with Crippen molar-refractivity contribution >= 4 is 23.8 Å². The van der Waals surface area contributed by atoms with Gasteiger partial charge in [-0.15, -0.1) is 0 Å². The maximum atomic E-state index is 13.2. The second kappa shape index (κ2) is 5.57. The minimum atomic E-state index is -0.915. The van der Waals surface area contributed by atoms with Gasteiger partial charge in [0, 0.05) is 5.56 Å². The molecule has 2 fully saturated rings. The Bertz CT molecular complexity index is 1020. The molecule has 3 heterocycles. The summed E-state index contributed by atoms with van der Waals surface area (Å²) in [7, 11) is 0. The molecule has 0 aliphatic carbocycles. The molecule has 7 heteroatoms. The van der Waals surface area contributed by atoms with Crippen molar-refractivity contribution in [1.29, 1.82) is 0 Å². The first kappa shape index (κ1) is 15.9. The molecule has 0 bridgehead atoms. The number of benzene rings is 2. The Hall–Kier alpha value is -3.35. The molecule has 3 aliphatic rings. The zero-order valence-electron chi connectivity index (χ0n) is 14.0. The van der Waals surface area contributed by atoms with Gasteiger partial charge < -0.3 is 0 Å². The number of nitrogens with zero attached hydrogens (tertiary/aromatic N) is 2. The average molecular weight is 363 g/mol. The maximum absolute atomic E-state index is 13.2. The molecule has 4 atom stereocenters. The Morgan fingerprint density at radius 3 is 2.48 bits per heavy atom. The van der Waals surface area contributed by atoms with Crippen LogP contribution in [0.2, 0.25) is 0 Å². The maximum Gasteiger partial charge on any atom is 0.233 e. The van der Waals surface area contributed by atoms with E-state index in [9.17, 15) is 18.8 Å². The minimum Gasteiger partial charge on any atom is -0.296 e. The molecule has 2 saturated heterocycles. The van der Waals surface area contributed by atoms with E-state index in [-0.39, 0.29) is 17.3 Å². The van der Waals surface area contributed by atoms with E-state index in [1.54, 1.807) is 11.2 Å². The molecule has 6 nitrogen and oxygen atoms in total. The molecule has 0 aromatic heterocycles. The Labute approximate surface area is 153 Å². The standard InChI is InChI=1S/C20H14FN3O3/c21-12-7-5-10(6-8-12)18(25)17-15-14(19(26)23-20(15)27)16-13-4-2-1-3-11(13)9-22-24(16)17/h1-9,14-17H,(H,23,26,27)/t14-,15-,16+,17+/m1/s1. The van der Waals surface area contributed by atoms with E-state index in [0.717, 1.165) is 11.1 Å². The van der Waals surface area contributed by atoms with Crippen molar-refractivity contribution in [2.45, 2.75) is 12.1 Å². The van der Waals surface area contributed by atoms with Crippen molar-refractivity contribution in [2.75, 3.05) is 0 Å². The van der Waals surface area contributed by atoms with E-state index in [1.807, 2.05) is 24.3 Å². The normalized spacial score (nSPS) is 27.8. The van der Waals surface area contributed by atoms with Crippen molar-refractivity contribution in [1.82, 2.24) is 10.3 Å². The average Bonchev–Trinajstić information content (AvgIpc) is 3.17. The Morgan fingerprint density at radius 2 is 1.70 bits per heavy atom. The second-order valence-corrected chi connectivity index (χ2v) is 6.92. The number of amides is 2. The van der Waals surface area contributed by atoms with Crippen LogP contribution >= 0.6 is 0 Å². The van der Waals surface area contributed by atoms with Gasteiger partial charge in [0.1, 0.15) is 11.9 Å². The van der Waals surface area contributed by atoms with Gasteiger partial charge in [0.05, 0.1) is 24.1 Å². The third-order valence-electron chi connectivity index (χ3n) is 5.53. The SMILES string of the molecule is O=C1NC(=O)[C@@H]2[C@@H]1[C@@H](C(=O)c1ccc(F)cc1)N1N=Cc3ccccc3[C@@H]21. The van der Waals surface area contributed by atoms with Crippen LogP contribution in [0.1, 0.15) is 27.5 Å². The molecular formula is C20H14FN3O3. The molecule has 3 aliphatic heterocycles. The zero-order valence-corrected chi connectivity index (χ0v) is 14.0. The number of Topliss-reactive ketones (excluding diaryl/α,β-unsaturated/α-hetero) is 1. The third kappa shape index (κ3) is 2.17. The number of carbonyl (C=O) groups excluding carboxylic acids is 3. The topological polar surface area (TPSA) is 78.8 Å². The van der Waals surface area contributed by atoms with E-state index >= 15 is 0 Å². The predicted octanol–water partition coefficient (Wildman–Crippen LogP) is 1.67. The summed E-state index contributed by atoms with van der Waals surface area (Å²) >= 11 is 0.